The largest absolute Gasteiger partial charge is 0.303 e. The van der Waals surface area contributed by atoms with Crippen molar-refractivity contribution in [3.8, 4) is 11.1 Å². The lowest BCUT2D eigenvalue weighted by atomic mass is 9.89. The van der Waals surface area contributed by atoms with Crippen molar-refractivity contribution in [2.75, 3.05) is 25.4 Å². The zero-order valence-corrected chi connectivity index (χ0v) is 18.8. The molecule has 0 bridgehead atoms. The van der Waals surface area contributed by atoms with Gasteiger partial charge in [-0.25, -0.2) is 9.97 Å². The highest BCUT2D eigenvalue weighted by Gasteiger charge is 2.19. The number of nitrogens with zero attached hydrogens (tertiary/aromatic N) is 3. The average Bonchev–Trinajstić information content (AvgIpc) is 3.07. The average molecular weight is 412 g/mol. The fourth-order valence-electron chi connectivity index (χ4n) is 4.17. The molecule has 3 nitrogen and oxygen atoms in total. The molecule has 0 aliphatic heterocycles. The van der Waals surface area contributed by atoms with Crippen LogP contribution in [0, 0.1) is 6.92 Å². The van der Waals surface area contributed by atoms with E-state index in [4.69, 9.17) is 0 Å². The van der Waals surface area contributed by atoms with E-state index in [-0.39, 0.29) is 0 Å². The zero-order valence-electron chi connectivity index (χ0n) is 17.1. The maximum atomic E-state index is 4.68. The van der Waals surface area contributed by atoms with Crippen molar-refractivity contribution in [1.82, 2.24) is 14.9 Å². The van der Waals surface area contributed by atoms with Gasteiger partial charge in [-0.2, -0.15) is 0 Å². The molecule has 1 aliphatic carbocycles. The van der Waals surface area contributed by atoms with Crippen molar-refractivity contribution in [2.24, 2.45) is 0 Å². The molecule has 0 unspecified atom stereocenters. The predicted octanol–water partition coefficient (Wildman–Crippen LogP) is 5.98. The molecule has 2 aromatic heterocycles. The van der Waals surface area contributed by atoms with Crippen LogP contribution in [0.1, 0.15) is 42.7 Å². The van der Waals surface area contributed by atoms with Crippen LogP contribution in [0.3, 0.4) is 0 Å². The van der Waals surface area contributed by atoms with Crippen LogP contribution < -0.4 is 0 Å². The molecule has 1 aromatic carbocycles. The third-order valence-corrected chi connectivity index (χ3v) is 7.79. The maximum Gasteiger partial charge on any atom is 0.128 e. The first kappa shape index (κ1) is 19.9. The van der Waals surface area contributed by atoms with Crippen LogP contribution in [0.4, 0.5) is 0 Å². The maximum absolute atomic E-state index is 4.68. The van der Waals surface area contributed by atoms with Crippen molar-refractivity contribution >= 4 is 33.3 Å². The number of fused-ring (bicyclic) bond motifs is 2. The summed E-state index contributed by atoms with van der Waals surface area (Å²) in [5.41, 5.74) is 5.76. The van der Waals surface area contributed by atoms with Crippen LogP contribution in [-0.4, -0.2) is 40.3 Å². The van der Waals surface area contributed by atoms with Crippen molar-refractivity contribution in [3.05, 3.63) is 40.5 Å². The second-order valence-corrected chi connectivity index (χ2v) is 9.74. The Balaban J connectivity index is 1.70. The number of thioether (sulfide) groups is 1. The highest BCUT2D eigenvalue weighted by Crippen LogP contribution is 2.42. The summed E-state index contributed by atoms with van der Waals surface area (Å²) in [6.45, 7) is 10.00. The summed E-state index contributed by atoms with van der Waals surface area (Å²) in [5, 5.41) is 2.39. The Morgan fingerprint density at radius 2 is 1.86 bits per heavy atom. The van der Waals surface area contributed by atoms with Gasteiger partial charge < -0.3 is 4.90 Å². The molecule has 0 radical (unpaired) electrons. The Morgan fingerprint density at radius 3 is 2.64 bits per heavy atom. The fourth-order valence-corrected chi connectivity index (χ4v) is 6.26. The van der Waals surface area contributed by atoms with Gasteiger partial charge in [-0.1, -0.05) is 32.0 Å². The molecule has 1 aliphatic rings. The standard InChI is InChI=1S/C23H29N3S2/c1-4-26(5-2)12-13-27-22-21-20(16(3)28-23(21)25-15-24-22)19-11-10-17-8-6-7-9-18(17)14-19/h10-11,14-15H,4-9,12-13H2,1-3H3. The molecule has 0 spiro atoms. The van der Waals surface area contributed by atoms with Crippen molar-refractivity contribution in [3.63, 3.8) is 0 Å². The Morgan fingerprint density at radius 1 is 1.07 bits per heavy atom. The number of aromatic nitrogens is 2. The van der Waals surface area contributed by atoms with E-state index < -0.39 is 0 Å². The van der Waals surface area contributed by atoms with Gasteiger partial charge in [0, 0.05) is 22.7 Å². The van der Waals surface area contributed by atoms with Crippen LogP contribution in [0.15, 0.2) is 29.6 Å². The Kier molecular flexibility index (Phi) is 6.34. The third-order valence-electron chi connectivity index (χ3n) is 5.81. The second-order valence-electron chi connectivity index (χ2n) is 7.46. The van der Waals surface area contributed by atoms with E-state index in [2.05, 4.69) is 53.8 Å². The van der Waals surface area contributed by atoms with Crippen LogP contribution in [0.2, 0.25) is 0 Å². The second kappa shape index (κ2) is 8.93. The SMILES string of the molecule is CCN(CC)CCSc1ncnc2sc(C)c(-c3ccc4c(c3)CCCC4)c12. The van der Waals surface area contributed by atoms with Gasteiger partial charge >= 0.3 is 0 Å². The normalized spacial score (nSPS) is 14.0. The van der Waals surface area contributed by atoms with Crippen molar-refractivity contribution in [2.45, 2.75) is 51.5 Å². The molecule has 0 saturated heterocycles. The molecular weight excluding hydrogens is 382 g/mol. The van der Waals surface area contributed by atoms with Crippen LogP contribution in [-0.2, 0) is 12.8 Å². The molecule has 0 N–H and O–H groups in total. The summed E-state index contributed by atoms with van der Waals surface area (Å²) < 4.78 is 0. The molecule has 0 fully saturated rings. The van der Waals surface area contributed by atoms with Gasteiger partial charge in [0.25, 0.3) is 0 Å². The van der Waals surface area contributed by atoms with E-state index in [1.54, 1.807) is 17.7 Å². The molecule has 0 atom stereocenters. The lowest BCUT2D eigenvalue weighted by Crippen LogP contribution is -2.25. The van der Waals surface area contributed by atoms with E-state index in [0.717, 1.165) is 35.2 Å². The molecule has 4 rings (SSSR count). The summed E-state index contributed by atoms with van der Waals surface area (Å²) >= 11 is 3.67. The van der Waals surface area contributed by atoms with E-state index >= 15 is 0 Å². The van der Waals surface area contributed by atoms with Gasteiger partial charge in [-0.3, -0.25) is 0 Å². The molecule has 0 amide bonds. The first-order valence-electron chi connectivity index (χ1n) is 10.4. The van der Waals surface area contributed by atoms with Gasteiger partial charge in [-0.05, 0) is 62.4 Å². The van der Waals surface area contributed by atoms with Gasteiger partial charge in [0.1, 0.15) is 16.2 Å². The first-order chi connectivity index (χ1) is 13.7. The number of benzene rings is 1. The molecule has 0 saturated carbocycles. The topological polar surface area (TPSA) is 29.0 Å². The molecule has 28 heavy (non-hydrogen) atoms. The summed E-state index contributed by atoms with van der Waals surface area (Å²) in [5.74, 6) is 1.06. The van der Waals surface area contributed by atoms with Gasteiger partial charge in [0.2, 0.25) is 0 Å². The monoisotopic (exact) mass is 411 g/mol. The molecule has 3 aromatic rings. The molecule has 148 valence electrons. The summed E-state index contributed by atoms with van der Waals surface area (Å²) in [6, 6.07) is 7.10. The van der Waals surface area contributed by atoms with Crippen LogP contribution in [0.5, 0.6) is 0 Å². The molecule has 2 heterocycles. The van der Waals surface area contributed by atoms with E-state index in [1.165, 1.54) is 58.2 Å². The van der Waals surface area contributed by atoms with Crippen LogP contribution >= 0.6 is 23.1 Å². The minimum absolute atomic E-state index is 1.06. The fraction of sp³-hybridized carbons (Fsp3) is 0.478. The quantitative estimate of drug-likeness (QED) is 0.353. The minimum atomic E-state index is 1.06. The third kappa shape index (κ3) is 3.98. The van der Waals surface area contributed by atoms with Gasteiger partial charge in [0.05, 0.1) is 5.39 Å². The zero-order chi connectivity index (χ0) is 19.5. The summed E-state index contributed by atoms with van der Waals surface area (Å²) in [6.07, 6.45) is 6.82. The number of hydrogen-bond acceptors (Lipinski definition) is 5. The number of hydrogen-bond donors (Lipinski definition) is 0. The van der Waals surface area contributed by atoms with E-state index in [1.807, 2.05) is 11.8 Å². The van der Waals surface area contributed by atoms with Crippen LogP contribution in [0.25, 0.3) is 21.3 Å². The Bertz CT molecular complexity index is 960. The van der Waals surface area contributed by atoms with E-state index in [9.17, 15) is 0 Å². The number of thiophene rings is 1. The number of rotatable bonds is 7. The number of aryl methyl sites for hydroxylation is 3. The van der Waals surface area contributed by atoms with E-state index in [0.29, 0.717) is 0 Å². The summed E-state index contributed by atoms with van der Waals surface area (Å²) in [7, 11) is 0. The first-order valence-corrected chi connectivity index (χ1v) is 12.2. The molecule has 5 heteroatoms. The smallest absolute Gasteiger partial charge is 0.128 e. The van der Waals surface area contributed by atoms with Gasteiger partial charge in [0.15, 0.2) is 0 Å². The lowest BCUT2D eigenvalue weighted by Gasteiger charge is -2.18. The van der Waals surface area contributed by atoms with Gasteiger partial charge in [-0.15, -0.1) is 23.1 Å². The molecular formula is C23H29N3S2. The minimum Gasteiger partial charge on any atom is -0.303 e. The highest BCUT2D eigenvalue weighted by atomic mass is 32.2. The lowest BCUT2D eigenvalue weighted by molar-refractivity contribution is 0.324. The van der Waals surface area contributed by atoms with Crippen molar-refractivity contribution in [1.29, 1.82) is 0 Å². The Labute approximate surface area is 176 Å². The Hall–Kier alpha value is -1.43. The predicted molar refractivity (Wildman–Crippen MR) is 123 cm³/mol. The summed E-state index contributed by atoms with van der Waals surface area (Å²) in [4.78, 5) is 14.2. The van der Waals surface area contributed by atoms with Crippen molar-refractivity contribution < 1.29 is 0 Å². The highest BCUT2D eigenvalue weighted by molar-refractivity contribution is 7.99.